The summed E-state index contributed by atoms with van der Waals surface area (Å²) in [6.07, 6.45) is 2.44. The van der Waals surface area contributed by atoms with Crippen molar-refractivity contribution < 1.29 is 5.11 Å². The Balaban J connectivity index is 1.45. The Morgan fingerprint density at radius 2 is 1.80 bits per heavy atom. The van der Waals surface area contributed by atoms with E-state index in [9.17, 15) is 5.11 Å². The Morgan fingerprint density at radius 3 is 2.60 bits per heavy atom. The second-order valence-electron chi connectivity index (χ2n) is 8.08. The molecule has 2 heterocycles. The molecule has 1 N–H and O–H groups in total. The van der Waals surface area contributed by atoms with Gasteiger partial charge in [-0.25, -0.2) is 0 Å². The van der Waals surface area contributed by atoms with Gasteiger partial charge in [-0.2, -0.15) is 0 Å². The highest BCUT2D eigenvalue weighted by Gasteiger charge is 2.50. The molecule has 4 rings (SSSR count). The Bertz CT molecular complexity index is 717. The van der Waals surface area contributed by atoms with Crippen LogP contribution in [0.2, 0.25) is 0 Å². The standard InChI is InChI=1S/C22H28N2O/c1-23-14-20-15-24(13-19-8-5-9-21(25)12-19)17-22(20,16-23)11-10-18-6-3-2-4-7-18/h2-9,12,20,25H,10-11,13-17H2,1H3. The number of fused-ring (bicyclic) bond motifs is 1. The summed E-state index contributed by atoms with van der Waals surface area (Å²) in [7, 11) is 2.27. The lowest BCUT2D eigenvalue weighted by molar-refractivity contribution is 0.211. The van der Waals surface area contributed by atoms with Crippen LogP contribution in [0.5, 0.6) is 5.75 Å². The van der Waals surface area contributed by atoms with Gasteiger partial charge in [-0.05, 0) is 49.1 Å². The van der Waals surface area contributed by atoms with Gasteiger partial charge in [-0.15, -0.1) is 0 Å². The lowest BCUT2D eigenvalue weighted by Crippen LogP contribution is -2.33. The summed E-state index contributed by atoms with van der Waals surface area (Å²) in [4.78, 5) is 5.11. The van der Waals surface area contributed by atoms with Gasteiger partial charge < -0.3 is 10.0 Å². The molecular weight excluding hydrogens is 308 g/mol. The molecule has 25 heavy (non-hydrogen) atoms. The van der Waals surface area contributed by atoms with Crippen molar-refractivity contribution in [2.45, 2.75) is 19.4 Å². The topological polar surface area (TPSA) is 26.7 Å². The van der Waals surface area contributed by atoms with Crippen molar-refractivity contribution in [3.63, 3.8) is 0 Å². The molecule has 2 aromatic rings. The second kappa shape index (κ2) is 6.81. The normalized spacial score (nSPS) is 26.8. The molecule has 132 valence electrons. The first-order chi connectivity index (χ1) is 12.1. The number of aromatic hydroxyl groups is 1. The van der Waals surface area contributed by atoms with E-state index in [1.165, 1.54) is 50.1 Å². The Hall–Kier alpha value is -1.84. The van der Waals surface area contributed by atoms with E-state index in [2.05, 4.69) is 53.2 Å². The van der Waals surface area contributed by atoms with Gasteiger partial charge in [0.05, 0.1) is 0 Å². The number of phenols is 1. The summed E-state index contributed by atoms with van der Waals surface area (Å²) in [5, 5.41) is 9.72. The molecular formula is C22H28N2O. The summed E-state index contributed by atoms with van der Waals surface area (Å²) >= 11 is 0. The van der Waals surface area contributed by atoms with Gasteiger partial charge in [0, 0.05) is 38.1 Å². The summed E-state index contributed by atoms with van der Waals surface area (Å²) in [5.74, 6) is 1.13. The maximum absolute atomic E-state index is 9.72. The number of aryl methyl sites for hydroxylation is 1. The van der Waals surface area contributed by atoms with E-state index in [1.54, 1.807) is 6.07 Å². The van der Waals surface area contributed by atoms with Crippen LogP contribution in [0.1, 0.15) is 17.5 Å². The van der Waals surface area contributed by atoms with Crippen molar-refractivity contribution >= 4 is 0 Å². The Labute approximate surface area is 150 Å². The lowest BCUT2D eigenvalue weighted by Gasteiger charge is -2.29. The Morgan fingerprint density at radius 1 is 1.00 bits per heavy atom. The van der Waals surface area contributed by atoms with Crippen LogP contribution in [-0.2, 0) is 13.0 Å². The molecule has 3 heteroatoms. The third kappa shape index (κ3) is 3.58. The SMILES string of the molecule is CN1CC2CN(Cc3cccc(O)c3)CC2(CCc2ccccc2)C1. The van der Waals surface area contributed by atoms with Crippen LogP contribution >= 0.6 is 0 Å². The van der Waals surface area contributed by atoms with Gasteiger partial charge >= 0.3 is 0 Å². The van der Waals surface area contributed by atoms with Crippen LogP contribution in [0, 0.1) is 11.3 Å². The third-order valence-corrected chi connectivity index (χ3v) is 6.07. The minimum absolute atomic E-state index is 0.371. The highest BCUT2D eigenvalue weighted by molar-refractivity contribution is 5.27. The average Bonchev–Trinajstić information content (AvgIpc) is 3.06. The van der Waals surface area contributed by atoms with Crippen molar-refractivity contribution in [2.75, 3.05) is 33.2 Å². The molecule has 0 spiro atoms. The third-order valence-electron chi connectivity index (χ3n) is 6.07. The van der Waals surface area contributed by atoms with Crippen LogP contribution in [0.4, 0.5) is 0 Å². The molecule has 0 saturated carbocycles. The van der Waals surface area contributed by atoms with E-state index < -0.39 is 0 Å². The summed E-state index contributed by atoms with van der Waals surface area (Å²) in [6, 6.07) is 18.6. The lowest BCUT2D eigenvalue weighted by atomic mass is 9.76. The molecule has 0 bridgehead atoms. The van der Waals surface area contributed by atoms with Gasteiger partial charge in [0.25, 0.3) is 0 Å². The van der Waals surface area contributed by atoms with Crippen molar-refractivity contribution in [3.8, 4) is 5.75 Å². The van der Waals surface area contributed by atoms with E-state index in [4.69, 9.17) is 0 Å². The van der Waals surface area contributed by atoms with E-state index in [-0.39, 0.29) is 0 Å². The molecule has 2 aliphatic heterocycles. The number of hydrogen-bond donors (Lipinski definition) is 1. The first-order valence-corrected chi connectivity index (χ1v) is 9.36. The fraction of sp³-hybridized carbons (Fsp3) is 0.455. The van der Waals surface area contributed by atoms with Crippen LogP contribution < -0.4 is 0 Å². The summed E-state index contributed by atoms with van der Waals surface area (Å²) in [6.45, 7) is 5.72. The summed E-state index contributed by atoms with van der Waals surface area (Å²) in [5.41, 5.74) is 3.09. The molecule has 2 aromatic carbocycles. The first kappa shape index (κ1) is 16.6. The molecule has 0 aliphatic carbocycles. The highest BCUT2D eigenvalue weighted by atomic mass is 16.3. The van der Waals surface area contributed by atoms with Crippen LogP contribution in [0.3, 0.4) is 0 Å². The Kier molecular flexibility index (Phi) is 4.53. The number of benzene rings is 2. The number of nitrogens with zero attached hydrogens (tertiary/aromatic N) is 2. The quantitative estimate of drug-likeness (QED) is 0.907. The predicted octanol–water partition coefficient (Wildman–Crippen LogP) is 3.39. The molecule has 2 saturated heterocycles. The zero-order valence-corrected chi connectivity index (χ0v) is 15.1. The van der Waals surface area contributed by atoms with Crippen molar-refractivity contribution in [1.29, 1.82) is 0 Å². The van der Waals surface area contributed by atoms with E-state index in [0.717, 1.165) is 12.5 Å². The monoisotopic (exact) mass is 336 g/mol. The van der Waals surface area contributed by atoms with Gasteiger partial charge in [0.15, 0.2) is 0 Å². The largest absolute Gasteiger partial charge is 0.508 e. The number of hydrogen-bond acceptors (Lipinski definition) is 3. The maximum Gasteiger partial charge on any atom is 0.115 e. The van der Waals surface area contributed by atoms with Crippen LogP contribution in [0.25, 0.3) is 0 Å². The minimum atomic E-state index is 0.371. The average molecular weight is 336 g/mol. The molecule has 0 aromatic heterocycles. The van der Waals surface area contributed by atoms with E-state index in [1.807, 2.05) is 12.1 Å². The number of rotatable bonds is 5. The minimum Gasteiger partial charge on any atom is -0.508 e. The van der Waals surface area contributed by atoms with Crippen LogP contribution in [0.15, 0.2) is 54.6 Å². The van der Waals surface area contributed by atoms with Gasteiger partial charge in [-0.1, -0.05) is 42.5 Å². The molecule has 2 unspecified atom stereocenters. The smallest absolute Gasteiger partial charge is 0.115 e. The zero-order chi connectivity index (χ0) is 17.3. The number of phenolic OH excluding ortho intramolecular Hbond substituents is 1. The van der Waals surface area contributed by atoms with Gasteiger partial charge in [-0.3, -0.25) is 4.90 Å². The fourth-order valence-electron chi connectivity index (χ4n) is 4.99. The maximum atomic E-state index is 9.72. The molecule has 0 radical (unpaired) electrons. The van der Waals surface area contributed by atoms with Gasteiger partial charge in [0.1, 0.15) is 5.75 Å². The fourth-order valence-corrected chi connectivity index (χ4v) is 4.99. The van der Waals surface area contributed by atoms with Crippen molar-refractivity contribution in [3.05, 3.63) is 65.7 Å². The molecule has 2 aliphatic rings. The van der Waals surface area contributed by atoms with Gasteiger partial charge in [0.2, 0.25) is 0 Å². The highest BCUT2D eigenvalue weighted by Crippen LogP contribution is 2.45. The van der Waals surface area contributed by atoms with E-state index in [0.29, 0.717) is 11.2 Å². The van der Waals surface area contributed by atoms with Crippen LogP contribution in [-0.4, -0.2) is 48.1 Å². The first-order valence-electron chi connectivity index (χ1n) is 9.36. The molecule has 0 amide bonds. The molecule has 2 atom stereocenters. The summed E-state index contributed by atoms with van der Waals surface area (Å²) < 4.78 is 0. The second-order valence-corrected chi connectivity index (χ2v) is 8.08. The van der Waals surface area contributed by atoms with E-state index >= 15 is 0 Å². The number of likely N-dealkylation sites (tertiary alicyclic amines) is 2. The molecule has 2 fully saturated rings. The molecule has 3 nitrogen and oxygen atoms in total. The van der Waals surface area contributed by atoms with Crippen molar-refractivity contribution in [2.24, 2.45) is 11.3 Å². The predicted molar refractivity (Wildman–Crippen MR) is 102 cm³/mol. The van der Waals surface area contributed by atoms with Crippen molar-refractivity contribution in [1.82, 2.24) is 9.80 Å². The zero-order valence-electron chi connectivity index (χ0n) is 15.1.